The van der Waals surface area contributed by atoms with Gasteiger partial charge in [-0.15, -0.1) is 0 Å². The molecule has 1 aliphatic heterocycles. The van der Waals surface area contributed by atoms with E-state index in [1.54, 1.807) is 24.3 Å². The van der Waals surface area contributed by atoms with Gasteiger partial charge in [0.15, 0.2) is 6.61 Å². The van der Waals surface area contributed by atoms with Crippen LogP contribution in [0.25, 0.3) is 0 Å². The van der Waals surface area contributed by atoms with E-state index in [1.807, 2.05) is 6.07 Å². The average Bonchev–Trinajstić information content (AvgIpc) is 3.24. The van der Waals surface area contributed by atoms with Crippen molar-refractivity contribution in [3.63, 3.8) is 0 Å². The molecule has 10 heteroatoms. The van der Waals surface area contributed by atoms with E-state index in [1.165, 1.54) is 34.8 Å². The van der Waals surface area contributed by atoms with Gasteiger partial charge in [-0.05, 0) is 66.9 Å². The fraction of sp³-hybridized carbons (Fsp3) is 0.250. The van der Waals surface area contributed by atoms with Gasteiger partial charge in [-0.25, -0.2) is 13.8 Å². The Kier molecular flexibility index (Phi) is 7.05. The van der Waals surface area contributed by atoms with Gasteiger partial charge in [-0.1, -0.05) is 11.6 Å². The Labute approximate surface area is 179 Å². The molecule has 8 nitrogen and oxygen atoms in total. The first-order valence-corrected chi connectivity index (χ1v) is 10.9. The molecule has 1 aliphatic rings. The number of nitrogens with zero attached hydrogens (tertiary/aromatic N) is 3. The zero-order valence-corrected chi connectivity index (χ0v) is 17.4. The van der Waals surface area contributed by atoms with Crippen LogP contribution in [0.2, 0.25) is 5.02 Å². The van der Waals surface area contributed by atoms with Crippen molar-refractivity contribution < 1.29 is 17.9 Å². The number of nitriles is 1. The smallest absolute Gasteiger partial charge is 0.258 e. The molecule has 0 spiro atoms. The van der Waals surface area contributed by atoms with Crippen molar-refractivity contribution in [2.45, 2.75) is 23.8 Å². The molecule has 2 aromatic rings. The molecule has 2 aromatic carbocycles. The van der Waals surface area contributed by atoms with Crippen LogP contribution in [0.3, 0.4) is 0 Å². The highest BCUT2D eigenvalue weighted by molar-refractivity contribution is 7.89. The molecule has 1 N–H and O–H groups in total. The molecule has 0 unspecified atom stereocenters. The summed E-state index contributed by atoms with van der Waals surface area (Å²) in [5, 5.41) is 12.9. The van der Waals surface area contributed by atoms with Gasteiger partial charge in [0, 0.05) is 11.6 Å². The Morgan fingerprint density at radius 2 is 1.97 bits per heavy atom. The second-order valence-electron chi connectivity index (χ2n) is 6.48. The highest BCUT2D eigenvalue weighted by Gasteiger charge is 2.39. The van der Waals surface area contributed by atoms with Crippen molar-refractivity contribution in [1.82, 2.24) is 9.73 Å². The first-order valence-electron chi connectivity index (χ1n) is 9.12. The minimum absolute atomic E-state index is 0.0414. The Morgan fingerprint density at radius 1 is 1.27 bits per heavy atom. The summed E-state index contributed by atoms with van der Waals surface area (Å²) in [5.74, 6) is 0.0574. The van der Waals surface area contributed by atoms with Crippen LogP contribution in [0.1, 0.15) is 18.4 Å². The molecule has 0 bridgehead atoms. The summed E-state index contributed by atoms with van der Waals surface area (Å²) in [6.45, 7) is 0.219. The molecule has 156 valence electrons. The zero-order valence-electron chi connectivity index (χ0n) is 15.9. The Bertz CT molecular complexity index is 1060. The lowest BCUT2D eigenvalue weighted by molar-refractivity contribution is -0.124. The second kappa shape index (κ2) is 9.71. The van der Waals surface area contributed by atoms with Crippen LogP contribution in [-0.2, 0) is 14.8 Å². The van der Waals surface area contributed by atoms with Crippen LogP contribution in [0.5, 0.6) is 5.75 Å². The summed E-state index contributed by atoms with van der Waals surface area (Å²) in [4.78, 5) is 12.6. The fourth-order valence-electron chi connectivity index (χ4n) is 3.04. The van der Waals surface area contributed by atoms with E-state index < -0.39 is 22.0 Å². The summed E-state index contributed by atoms with van der Waals surface area (Å²) >= 11 is 5.83. The SMILES string of the molecule is N#CCOc1ccc(C=NNC(=O)[C@@H]2CCCN2S(=O)(=O)c2ccc(Cl)cc2)cc1. The summed E-state index contributed by atoms with van der Waals surface area (Å²) < 4.78 is 32.1. The standard InChI is InChI=1S/C20H19ClN4O4S/c21-16-5-9-18(10-6-16)30(27,28)25-12-1-2-19(25)20(26)24-23-14-15-3-7-17(8-4-15)29-13-11-22/h3-10,14,19H,1-2,12-13H2,(H,24,26)/t19-/m0/s1. The molecule has 0 aliphatic carbocycles. The lowest BCUT2D eigenvalue weighted by Crippen LogP contribution is -2.44. The molecular weight excluding hydrogens is 428 g/mol. The number of ether oxygens (including phenoxy) is 1. The molecule has 1 amide bonds. The number of carbonyl (C=O) groups is 1. The fourth-order valence-corrected chi connectivity index (χ4v) is 4.82. The molecule has 3 rings (SSSR count). The maximum absolute atomic E-state index is 12.9. The number of hydrogen-bond donors (Lipinski definition) is 1. The quantitative estimate of drug-likeness (QED) is 0.518. The summed E-state index contributed by atoms with van der Waals surface area (Å²) in [6, 6.07) is 13.7. The highest BCUT2D eigenvalue weighted by atomic mass is 35.5. The lowest BCUT2D eigenvalue weighted by Gasteiger charge is -2.22. The number of sulfonamides is 1. The first-order chi connectivity index (χ1) is 14.4. The molecule has 30 heavy (non-hydrogen) atoms. The van der Waals surface area contributed by atoms with Crippen molar-refractivity contribution >= 4 is 33.7 Å². The number of carbonyl (C=O) groups excluding carboxylic acids is 1. The number of halogens is 1. The number of hydrazone groups is 1. The van der Waals surface area contributed by atoms with Crippen LogP contribution in [0, 0.1) is 11.3 Å². The van der Waals surface area contributed by atoms with E-state index in [2.05, 4.69) is 10.5 Å². The molecule has 0 radical (unpaired) electrons. The Balaban J connectivity index is 1.64. The lowest BCUT2D eigenvalue weighted by atomic mass is 10.2. The predicted molar refractivity (Wildman–Crippen MR) is 112 cm³/mol. The van der Waals surface area contributed by atoms with Crippen molar-refractivity contribution in [3.8, 4) is 11.8 Å². The van der Waals surface area contributed by atoms with E-state index in [9.17, 15) is 13.2 Å². The van der Waals surface area contributed by atoms with Crippen LogP contribution in [0.15, 0.2) is 58.5 Å². The van der Waals surface area contributed by atoms with Crippen LogP contribution < -0.4 is 10.2 Å². The molecule has 0 saturated carbocycles. The normalized spacial score (nSPS) is 17.0. The maximum Gasteiger partial charge on any atom is 0.258 e. The van der Waals surface area contributed by atoms with Crippen molar-refractivity contribution in [2.75, 3.05) is 13.2 Å². The molecule has 1 heterocycles. The maximum atomic E-state index is 12.9. The monoisotopic (exact) mass is 446 g/mol. The number of amides is 1. The van der Waals surface area contributed by atoms with Crippen LogP contribution >= 0.6 is 11.6 Å². The molecule has 1 atom stereocenters. The summed E-state index contributed by atoms with van der Waals surface area (Å²) in [7, 11) is -3.81. The number of benzene rings is 2. The molecular formula is C20H19ClN4O4S. The van der Waals surface area contributed by atoms with Crippen molar-refractivity contribution in [3.05, 3.63) is 59.1 Å². The van der Waals surface area contributed by atoms with Gasteiger partial charge in [0.1, 0.15) is 17.9 Å². The highest BCUT2D eigenvalue weighted by Crippen LogP contribution is 2.27. The predicted octanol–water partition coefficient (Wildman–Crippen LogP) is 2.55. The second-order valence-corrected chi connectivity index (χ2v) is 8.80. The third kappa shape index (κ3) is 5.16. The van der Waals surface area contributed by atoms with Crippen LogP contribution in [-0.4, -0.2) is 44.0 Å². The average molecular weight is 447 g/mol. The van der Waals surface area contributed by atoms with Gasteiger partial charge in [-0.3, -0.25) is 4.79 Å². The Morgan fingerprint density at radius 3 is 2.63 bits per heavy atom. The van der Waals surface area contributed by atoms with Gasteiger partial charge >= 0.3 is 0 Å². The van der Waals surface area contributed by atoms with Crippen molar-refractivity contribution in [2.24, 2.45) is 5.10 Å². The van der Waals surface area contributed by atoms with Crippen LogP contribution in [0.4, 0.5) is 0 Å². The number of rotatable bonds is 7. The Hall–Kier alpha value is -2.93. The van der Waals surface area contributed by atoms with Gasteiger partial charge in [-0.2, -0.15) is 14.7 Å². The zero-order chi connectivity index (χ0) is 21.6. The largest absolute Gasteiger partial charge is 0.479 e. The third-order valence-corrected chi connectivity index (χ3v) is 6.67. The summed E-state index contributed by atoms with van der Waals surface area (Å²) in [5.41, 5.74) is 3.12. The minimum Gasteiger partial charge on any atom is -0.479 e. The van der Waals surface area contributed by atoms with E-state index in [-0.39, 0.29) is 18.0 Å². The van der Waals surface area contributed by atoms with E-state index >= 15 is 0 Å². The van der Waals surface area contributed by atoms with Gasteiger partial charge < -0.3 is 4.74 Å². The molecule has 0 aromatic heterocycles. The molecule has 1 saturated heterocycles. The van der Waals surface area contributed by atoms with E-state index in [0.717, 1.165) is 0 Å². The van der Waals surface area contributed by atoms with Gasteiger partial charge in [0.25, 0.3) is 5.91 Å². The van der Waals surface area contributed by atoms with Gasteiger partial charge in [0.05, 0.1) is 11.1 Å². The van der Waals surface area contributed by atoms with Gasteiger partial charge in [0.2, 0.25) is 10.0 Å². The third-order valence-electron chi connectivity index (χ3n) is 4.50. The first kappa shape index (κ1) is 21.8. The number of hydrogen-bond acceptors (Lipinski definition) is 6. The summed E-state index contributed by atoms with van der Waals surface area (Å²) in [6.07, 6.45) is 2.44. The van der Waals surface area contributed by atoms with E-state index in [4.69, 9.17) is 21.6 Å². The van der Waals surface area contributed by atoms with E-state index in [0.29, 0.717) is 29.2 Å². The molecule has 1 fully saturated rings. The van der Waals surface area contributed by atoms with Crippen molar-refractivity contribution in [1.29, 1.82) is 5.26 Å². The topological polar surface area (TPSA) is 112 Å². The minimum atomic E-state index is -3.81. The number of nitrogens with one attached hydrogen (secondary N) is 1.